The van der Waals surface area contributed by atoms with Gasteiger partial charge in [-0.1, -0.05) is 36.8 Å². The molecule has 6 heteroatoms. The molecule has 1 aliphatic heterocycles. The van der Waals surface area contributed by atoms with Crippen molar-refractivity contribution in [3.8, 4) is 0 Å². The Balaban J connectivity index is 0.000000178. The Kier molecular flexibility index (Phi) is 6.88. The van der Waals surface area contributed by atoms with Crippen molar-refractivity contribution in [2.75, 3.05) is 13.1 Å². The lowest BCUT2D eigenvalue weighted by Gasteiger charge is -2.22. The Labute approximate surface area is 171 Å². The summed E-state index contributed by atoms with van der Waals surface area (Å²) in [6.45, 7) is 6.42. The predicted octanol–water partition coefficient (Wildman–Crippen LogP) is 5.17. The second kappa shape index (κ2) is 9.18. The summed E-state index contributed by atoms with van der Waals surface area (Å²) in [5, 5.41) is 7.33. The van der Waals surface area contributed by atoms with E-state index in [1.54, 1.807) is 17.7 Å². The van der Waals surface area contributed by atoms with Crippen molar-refractivity contribution in [2.24, 2.45) is 0 Å². The highest BCUT2D eigenvalue weighted by Gasteiger charge is 2.18. The van der Waals surface area contributed by atoms with Gasteiger partial charge in [-0.25, -0.2) is 0 Å². The molecule has 0 saturated carbocycles. The average Bonchev–Trinajstić information content (AvgIpc) is 3.12. The van der Waals surface area contributed by atoms with Crippen molar-refractivity contribution in [1.29, 1.82) is 0 Å². The molecule has 1 fully saturated rings. The molecule has 4 rings (SSSR count). The first kappa shape index (κ1) is 21.0. The van der Waals surface area contributed by atoms with Gasteiger partial charge < -0.3 is 5.32 Å². The molecule has 28 heavy (non-hydrogen) atoms. The van der Waals surface area contributed by atoms with Crippen molar-refractivity contribution in [2.45, 2.75) is 43.9 Å². The van der Waals surface area contributed by atoms with E-state index in [-0.39, 0.29) is 4.90 Å². The maximum absolute atomic E-state index is 10.5. The molecule has 3 aromatic rings. The molecule has 0 atom stereocenters. The molecule has 2 heterocycles. The average molecular weight is 418 g/mol. The van der Waals surface area contributed by atoms with Gasteiger partial charge in [-0.15, -0.1) is 11.3 Å². The Bertz CT molecular complexity index is 1020. The zero-order valence-electron chi connectivity index (χ0n) is 16.3. The molecule has 2 N–H and O–H groups in total. The molecule has 1 aliphatic rings. The third-order valence-electron chi connectivity index (χ3n) is 5.18. The Morgan fingerprint density at radius 1 is 1.11 bits per heavy atom. The molecule has 150 valence electrons. The highest BCUT2D eigenvalue weighted by molar-refractivity contribution is 7.85. The lowest BCUT2D eigenvalue weighted by Crippen LogP contribution is -2.26. The maximum atomic E-state index is 10.5. The minimum Gasteiger partial charge on any atom is -0.317 e. The zero-order chi connectivity index (χ0) is 20.1. The van der Waals surface area contributed by atoms with Crippen molar-refractivity contribution in [1.82, 2.24) is 5.32 Å². The van der Waals surface area contributed by atoms with Crippen LogP contribution in [0.5, 0.6) is 0 Å². The summed E-state index contributed by atoms with van der Waals surface area (Å²) in [6.07, 6.45) is 3.72. The Morgan fingerprint density at radius 3 is 2.39 bits per heavy atom. The largest absolute Gasteiger partial charge is 0.317 e. The van der Waals surface area contributed by atoms with Gasteiger partial charge in [0.25, 0.3) is 10.1 Å². The number of benzene rings is 2. The van der Waals surface area contributed by atoms with Crippen LogP contribution in [0, 0.1) is 6.92 Å². The predicted molar refractivity (Wildman–Crippen MR) is 117 cm³/mol. The van der Waals surface area contributed by atoms with Crippen LogP contribution in [0.4, 0.5) is 0 Å². The van der Waals surface area contributed by atoms with Gasteiger partial charge in [0.05, 0.1) is 4.90 Å². The number of hydrogen-bond acceptors (Lipinski definition) is 4. The molecule has 4 nitrogen and oxygen atoms in total. The van der Waals surface area contributed by atoms with Crippen molar-refractivity contribution < 1.29 is 13.0 Å². The van der Waals surface area contributed by atoms with Gasteiger partial charge in [0, 0.05) is 4.70 Å². The Hall–Kier alpha value is -1.73. The van der Waals surface area contributed by atoms with Crippen molar-refractivity contribution in [3.05, 3.63) is 64.5 Å². The van der Waals surface area contributed by atoms with Gasteiger partial charge in [-0.05, 0) is 85.3 Å². The normalized spacial score (nSPS) is 15.2. The smallest absolute Gasteiger partial charge is 0.294 e. The number of aryl methyl sites for hydroxylation is 2. The van der Waals surface area contributed by atoms with Gasteiger partial charge >= 0.3 is 0 Å². The van der Waals surface area contributed by atoms with E-state index in [9.17, 15) is 8.42 Å². The summed E-state index contributed by atoms with van der Waals surface area (Å²) in [5.41, 5.74) is 4.00. The molecule has 0 spiro atoms. The fraction of sp³-hybridized carbons (Fsp3) is 0.364. The molecule has 1 saturated heterocycles. The number of piperidine rings is 1. The number of rotatable bonds is 3. The fourth-order valence-electron chi connectivity index (χ4n) is 3.47. The number of thiophene rings is 1. The summed E-state index contributed by atoms with van der Waals surface area (Å²) in [4.78, 5) is -0.0666. The molecule has 2 aromatic carbocycles. The summed E-state index contributed by atoms with van der Waals surface area (Å²) in [7, 11) is -4.02. The van der Waals surface area contributed by atoms with E-state index in [1.807, 2.05) is 18.3 Å². The van der Waals surface area contributed by atoms with Gasteiger partial charge in [-0.3, -0.25) is 4.55 Å². The van der Waals surface area contributed by atoms with Crippen LogP contribution in [0.15, 0.2) is 52.7 Å². The lowest BCUT2D eigenvalue weighted by molar-refractivity contribution is 0.463. The molecule has 0 radical (unpaired) electrons. The molecule has 0 amide bonds. The van der Waals surface area contributed by atoms with Crippen LogP contribution in [0.2, 0.25) is 0 Å². The van der Waals surface area contributed by atoms with Crippen molar-refractivity contribution in [3.63, 3.8) is 0 Å². The van der Waals surface area contributed by atoms with Crippen LogP contribution in [0.25, 0.3) is 10.1 Å². The lowest BCUT2D eigenvalue weighted by atomic mass is 9.90. The monoisotopic (exact) mass is 417 g/mol. The van der Waals surface area contributed by atoms with Crippen LogP contribution in [0.1, 0.15) is 42.4 Å². The summed E-state index contributed by atoms with van der Waals surface area (Å²) < 4.78 is 31.0. The van der Waals surface area contributed by atoms with E-state index in [0.717, 1.165) is 17.9 Å². The number of hydrogen-bond donors (Lipinski definition) is 2. The zero-order valence-corrected chi connectivity index (χ0v) is 17.9. The van der Waals surface area contributed by atoms with E-state index >= 15 is 0 Å². The molecular weight excluding hydrogens is 390 g/mol. The van der Waals surface area contributed by atoms with E-state index < -0.39 is 10.1 Å². The van der Waals surface area contributed by atoms with Crippen molar-refractivity contribution >= 4 is 31.5 Å². The second-order valence-electron chi connectivity index (χ2n) is 7.19. The third-order valence-corrected chi connectivity index (χ3v) is 7.01. The minimum atomic E-state index is -4.02. The molecule has 0 bridgehead atoms. The first-order valence-electron chi connectivity index (χ1n) is 9.63. The summed E-state index contributed by atoms with van der Waals surface area (Å²) in [6, 6.07) is 13.0. The highest BCUT2D eigenvalue weighted by atomic mass is 32.2. The van der Waals surface area contributed by atoms with Crippen LogP contribution in [-0.4, -0.2) is 26.1 Å². The standard InChI is InChI=1S/C15H19NS.C7H8O3S/c1-2-11-3-4-13-14(10-17-15(13)9-11)12-5-7-16-8-6-12;1-6-2-4-7(5-3-6)11(8,9)10/h3-4,9-10,12,16H,2,5-8H2,1H3;2-5H,1H3,(H,8,9,10). The second-order valence-corrected chi connectivity index (χ2v) is 9.52. The van der Waals surface area contributed by atoms with E-state index in [2.05, 4.69) is 35.8 Å². The third kappa shape index (κ3) is 5.20. The minimum absolute atomic E-state index is 0.0666. The molecular formula is C22H27NO3S2. The summed E-state index contributed by atoms with van der Waals surface area (Å²) in [5.74, 6) is 0.775. The quantitative estimate of drug-likeness (QED) is 0.577. The van der Waals surface area contributed by atoms with Crippen LogP contribution < -0.4 is 5.32 Å². The highest BCUT2D eigenvalue weighted by Crippen LogP contribution is 2.35. The molecule has 0 aliphatic carbocycles. The van der Waals surface area contributed by atoms with Gasteiger partial charge in [0.2, 0.25) is 0 Å². The van der Waals surface area contributed by atoms with Gasteiger partial charge in [0.1, 0.15) is 0 Å². The van der Waals surface area contributed by atoms with Crippen LogP contribution >= 0.6 is 11.3 Å². The topological polar surface area (TPSA) is 66.4 Å². The van der Waals surface area contributed by atoms with Crippen LogP contribution in [-0.2, 0) is 16.5 Å². The maximum Gasteiger partial charge on any atom is 0.294 e. The molecule has 1 aromatic heterocycles. The Morgan fingerprint density at radius 2 is 1.79 bits per heavy atom. The fourth-order valence-corrected chi connectivity index (χ4v) is 5.06. The molecule has 0 unspecified atom stereocenters. The van der Waals surface area contributed by atoms with Gasteiger partial charge in [-0.2, -0.15) is 8.42 Å². The van der Waals surface area contributed by atoms with E-state index in [1.165, 1.54) is 53.7 Å². The SMILES string of the molecule is CCc1ccc2c(C3CCNCC3)csc2c1.Cc1ccc(S(=O)(=O)O)cc1. The first-order valence-corrected chi connectivity index (χ1v) is 12.0. The summed E-state index contributed by atoms with van der Waals surface area (Å²) >= 11 is 1.92. The number of fused-ring (bicyclic) bond motifs is 1. The van der Waals surface area contributed by atoms with Gasteiger partial charge in [0.15, 0.2) is 0 Å². The van der Waals surface area contributed by atoms with E-state index in [0.29, 0.717) is 0 Å². The number of nitrogens with one attached hydrogen (secondary N) is 1. The van der Waals surface area contributed by atoms with E-state index in [4.69, 9.17) is 4.55 Å². The van der Waals surface area contributed by atoms with Crippen LogP contribution in [0.3, 0.4) is 0 Å². The first-order chi connectivity index (χ1) is 13.4.